The molecule has 6 heteroatoms. The van der Waals surface area contributed by atoms with Gasteiger partial charge in [0.15, 0.2) is 0 Å². The fraction of sp³-hybridized carbons (Fsp3) is 0.250. The average molecular weight is 254 g/mol. The number of rotatable bonds is 4. The monoisotopic (exact) mass is 254 g/mol. The molecule has 1 atom stereocenters. The molecule has 0 saturated heterocycles. The molecule has 1 N–H and O–H groups in total. The van der Waals surface area contributed by atoms with Crippen LogP contribution in [0.2, 0.25) is 0 Å². The first-order valence-corrected chi connectivity index (χ1v) is 5.28. The highest BCUT2D eigenvalue weighted by Gasteiger charge is 2.15. The maximum absolute atomic E-state index is 12.1. The van der Waals surface area contributed by atoms with Gasteiger partial charge in [-0.1, -0.05) is 12.1 Å². The van der Waals surface area contributed by atoms with Crippen LogP contribution >= 0.6 is 0 Å². The molecule has 1 heterocycles. The lowest BCUT2D eigenvalue weighted by molar-refractivity contribution is -0.0499. The number of aliphatic hydroxyl groups is 1. The van der Waals surface area contributed by atoms with E-state index in [0.29, 0.717) is 11.3 Å². The van der Waals surface area contributed by atoms with Crippen LogP contribution in [0.5, 0.6) is 5.75 Å². The minimum absolute atomic E-state index is 0.0173. The number of ether oxygens (including phenoxy) is 1. The van der Waals surface area contributed by atoms with Crippen LogP contribution in [0.3, 0.4) is 0 Å². The van der Waals surface area contributed by atoms with E-state index in [-0.39, 0.29) is 5.75 Å². The average Bonchev–Trinajstić information content (AvgIpc) is 2.74. The van der Waals surface area contributed by atoms with Crippen LogP contribution in [0.4, 0.5) is 8.78 Å². The quantitative estimate of drug-likeness (QED) is 0.909. The second-order valence-electron chi connectivity index (χ2n) is 3.73. The van der Waals surface area contributed by atoms with Crippen molar-refractivity contribution in [1.29, 1.82) is 0 Å². The fourth-order valence-corrected chi connectivity index (χ4v) is 1.68. The van der Waals surface area contributed by atoms with E-state index < -0.39 is 12.7 Å². The third kappa shape index (κ3) is 2.65. The van der Waals surface area contributed by atoms with Gasteiger partial charge in [0, 0.05) is 13.2 Å². The van der Waals surface area contributed by atoms with Crippen LogP contribution < -0.4 is 4.74 Å². The Balaban J connectivity index is 2.25. The number of hydrogen-bond acceptors (Lipinski definition) is 3. The predicted octanol–water partition coefficient (Wildman–Crippen LogP) is 2.10. The van der Waals surface area contributed by atoms with Gasteiger partial charge in [-0.2, -0.15) is 13.9 Å². The zero-order valence-electron chi connectivity index (χ0n) is 9.62. The smallest absolute Gasteiger partial charge is 0.387 e. The third-order valence-corrected chi connectivity index (χ3v) is 2.54. The SMILES string of the molecule is Cn1nccc1C(O)c1cccc(OC(F)F)c1. The number of halogens is 2. The van der Waals surface area contributed by atoms with Gasteiger partial charge in [-0.25, -0.2) is 0 Å². The van der Waals surface area contributed by atoms with E-state index in [9.17, 15) is 13.9 Å². The molecule has 0 fully saturated rings. The molecular formula is C12H12F2N2O2. The van der Waals surface area contributed by atoms with Crippen molar-refractivity contribution < 1.29 is 18.6 Å². The topological polar surface area (TPSA) is 47.3 Å². The molecule has 1 aromatic heterocycles. The number of aryl methyl sites for hydroxylation is 1. The van der Waals surface area contributed by atoms with E-state index in [2.05, 4.69) is 9.84 Å². The number of aromatic nitrogens is 2. The molecule has 2 aromatic rings. The van der Waals surface area contributed by atoms with Gasteiger partial charge in [-0.05, 0) is 23.8 Å². The molecule has 18 heavy (non-hydrogen) atoms. The summed E-state index contributed by atoms with van der Waals surface area (Å²) >= 11 is 0. The Hall–Kier alpha value is -1.95. The van der Waals surface area contributed by atoms with Gasteiger partial charge in [0.2, 0.25) is 0 Å². The van der Waals surface area contributed by atoms with E-state index in [1.807, 2.05) is 0 Å². The normalized spacial score (nSPS) is 12.7. The molecule has 0 amide bonds. The molecule has 0 radical (unpaired) electrons. The molecule has 0 aliphatic carbocycles. The van der Waals surface area contributed by atoms with Crippen LogP contribution in [-0.4, -0.2) is 21.5 Å². The highest BCUT2D eigenvalue weighted by molar-refractivity contribution is 5.33. The summed E-state index contributed by atoms with van der Waals surface area (Å²) < 4.78 is 30.0. The summed E-state index contributed by atoms with van der Waals surface area (Å²) in [6.07, 6.45) is 0.622. The van der Waals surface area contributed by atoms with Crippen LogP contribution in [0.25, 0.3) is 0 Å². The van der Waals surface area contributed by atoms with E-state index in [1.165, 1.54) is 16.8 Å². The second-order valence-corrected chi connectivity index (χ2v) is 3.73. The standard InChI is InChI=1S/C12H12F2N2O2/c1-16-10(5-6-15-16)11(17)8-3-2-4-9(7-8)18-12(13)14/h2-7,11-12,17H,1H3. The lowest BCUT2D eigenvalue weighted by atomic mass is 10.1. The minimum Gasteiger partial charge on any atom is -0.435 e. The number of nitrogens with zero attached hydrogens (tertiary/aromatic N) is 2. The van der Waals surface area contributed by atoms with Gasteiger partial charge < -0.3 is 9.84 Å². The maximum atomic E-state index is 12.1. The minimum atomic E-state index is -2.88. The first kappa shape index (κ1) is 12.5. The van der Waals surface area contributed by atoms with Gasteiger partial charge in [-0.15, -0.1) is 0 Å². The van der Waals surface area contributed by atoms with Crippen LogP contribution in [0.15, 0.2) is 36.5 Å². The highest BCUT2D eigenvalue weighted by Crippen LogP contribution is 2.25. The van der Waals surface area contributed by atoms with Gasteiger partial charge in [0.25, 0.3) is 0 Å². The van der Waals surface area contributed by atoms with Crippen LogP contribution in [0.1, 0.15) is 17.4 Å². The van der Waals surface area contributed by atoms with E-state index in [1.54, 1.807) is 31.4 Å². The Kier molecular flexibility index (Phi) is 3.57. The predicted molar refractivity (Wildman–Crippen MR) is 60.3 cm³/mol. The van der Waals surface area contributed by atoms with E-state index in [0.717, 1.165) is 0 Å². The molecule has 0 aliphatic heterocycles. The molecule has 96 valence electrons. The Morgan fingerprint density at radius 3 is 2.72 bits per heavy atom. The molecule has 0 saturated carbocycles. The maximum Gasteiger partial charge on any atom is 0.387 e. The van der Waals surface area contributed by atoms with E-state index in [4.69, 9.17) is 0 Å². The lowest BCUT2D eigenvalue weighted by Gasteiger charge is -2.13. The van der Waals surface area contributed by atoms with Gasteiger partial charge in [0.1, 0.15) is 11.9 Å². The molecule has 1 aromatic carbocycles. The lowest BCUT2D eigenvalue weighted by Crippen LogP contribution is -2.07. The van der Waals surface area contributed by atoms with E-state index >= 15 is 0 Å². The molecule has 0 spiro atoms. The molecule has 0 bridgehead atoms. The Bertz CT molecular complexity index is 528. The summed E-state index contributed by atoms with van der Waals surface area (Å²) in [6, 6.07) is 7.63. The molecular weight excluding hydrogens is 242 g/mol. The highest BCUT2D eigenvalue weighted by atomic mass is 19.3. The van der Waals surface area contributed by atoms with Crippen molar-refractivity contribution in [2.75, 3.05) is 0 Å². The van der Waals surface area contributed by atoms with Crippen molar-refractivity contribution in [3.8, 4) is 5.75 Å². The molecule has 4 nitrogen and oxygen atoms in total. The summed E-state index contributed by atoms with van der Waals surface area (Å²) in [6.45, 7) is -2.88. The first-order valence-electron chi connectivity index (χ1n) is 5.28. The largest absolute Gasteiger partial charge is 0.435 e. The first-order chi connectivity index (χ1) is 8.58. The van der Waals surface area contributed by atoms with Crippen molar-refractivity contribution >= 4 is 0 Å². The van der Waals surface area contributed by atoms with Crippen molar-refractivity contribution in [1.82, 2.24) is 9.78 Å². The van der Waals surface area contributed by atoms with Crippen molar-refractivity contribution in [3.63, 3.8) is 0 Å². The summed E-state index contributed by atoms with van der Waals surface area (Å²) in [5.74, 6) is 0.0173. The molecule has 1 unspecified atom stereocenters. The number of benzene rings is 1. The van der Waals surface area contributed by atoms with Gasteiger partial charge in [-0.3, -0.25) is 4.68 Å². The Morgan fingerprint density at radius 1 is 1.33 bits per heavy atom. The van der Waals surface area contributed by atoms with Crippen molar-refractivity contribution in [3.05, 3.63) is 47.8 Å². The van der Waals surface area contributed by atoms with Crippen molar-refractivity contribution in [2.24, 2.45) is 7.05 Å². The Morgan fingerprint density at radius 2 is 2.11 bits per heavy atom. The van der Waals surface area contributed by atoms with Crippen LogP contribution in [0, 0.1) is 0 Å². The summed E-state index contributed by atoms with van der Waals surface area (Å²) in [5, 5.41) is 14.1. The number of aliphatic hydroxyl groups excluding tert-OH is 1. The van der Waals surface area contributed by atoms with Gasteiger partial charge in [0.05, 0.1) is 5.69 Å². The second kappa shape index (κ2) is 5.14. The third-order valence-electron chi connectivity index (χ3n) is 2.54. The summed E-state index contributed by atoms with van der Waals surface area (Å²) in [7, 11) is 1.69. The number of hydrogen-bond donors (Lipinski definition) is 1. The molecule has 2 rings (SSSR count). The zero-order chi connectivity index (χ0) is 13.1. The Labute approximate surface area is 102 Å². The van der Waals surface area contributed by atoms with Crippen molar-refractivity contribution in [2.45, 2.75) is 12.7 Å². The molecule has 0 aliphatic rings. The fourth-order valence-electron chi connectivity index (χ4n) is 1.68. The summed E-state index contributed by atoms with van der Waals surface area (Å²) in [5.41, 5.74) is 1.04. The number of alkyl halides is 2. The van der Waals surface area contributed by atoms with Crippen LogP contribution in [-0.2, 0) is 7.05 Å². The zero-order valence-corrected chi connectivity index (χ0v) is 9.62. The summed E-state index contributed by atoms with van der Waals surface area (Å²) in [4.78, 5) is 0. The van der Waals surface area contributed by atoms with Gasteiger partial charge >= 0.3 is 6.61 Å².